The van der Waals surface area contributed by atoms with E-state index in [9.17, 15) is 9.59 Å². The number of hydrogen-bond acceptors (Lipinski definition) is 3. The minimum absolute atomic E-state index is 0.0557. The van der Waals surface area contributed by atoms with Crippen LogP contribution in [-0.2, 0) is 16.0 Å². The number of carbonyl (C=O) groups is 2. The number of nitrogens with zero attached hydrogens (tertiary/aromatic N) is 1. The molecule has 1 amide bonds. The molecule has 2 aromatic rings. The van der Waals surface area contributed by atoms with Gasteiger partial charge in [-0.1, -0.05) is 24.3 Å². The molecule has 0 radical (unpaired) electrons. The van der Waals surface area contributed by atoms with Crippen LogP contribution in [0.1, 0.15) is 12.5 Å². The van der Waals surface area contributed by atoms with Crippen molar-refractivity contribution in [2.24, 2.45) is 0 Å². The van der Waals surface area contributed by atoms with Crippen molar-refractivity contribution in [3.8, 4) is 5.75 Å². The first-order valence-electron chi connectivity index (χ1n) is 6.07. The predicted molar refractivity (Wildman–Crippen MR) is 72.4 cm³/mol. The summed E-state index contributed by atoms with van der Waals surface area (Å²) in [6.45, 7) is 1.37. The summed E-state index contributed by atoms with van der Waals surface area (Å²) in [4.78, 5) is 24.7. The van der Waals surface area contributed by atoms with Crippen LogP contribution in [0.15, 0.2) is 30.3 Å². The van der Waals surface area contributed by atoms with Crippen molar-refractivity contribution in [2.45, 2.75) is 13.3 Å². The second-order valence-corrected chi connectivity index (χ2v) is 4.65. The molecule has 4 heteroatoms. The highest BCUT2D eigenvalue weighted by atomic mass is 16.5. The van der Waals surface area contributed by atoms with Crippen LogP contribution in [-0.4, -0.2) is 18.9 Å². The Morgan fingerprint density at radius 2 is 1.95 bits per heavy atom. The Kier molecular flexibility index (Phi) is 2.52. The fraction of sp³-hybridized carbons (Fsp3) is 0.200. The molecule has 0 saturated heterocycles. The van der Waals surface area contributed by atoms with E-state index in [1.54, 1.807) is 18.0 Å². The maximum Gasteiger partial charge on any atom is 0.308 e. The molecular weight excluding hydrogens is 242 g/mol. The van der Waals surface area contributed by atoms with Crippen LogP contribution < -0.4 is 9.64 Å². The summed E-state index contributed by atoms with van der Waals surface area (Å²) < 4.78 is 5.25. The standard InChI is InChI=1S/C15H13NO3/c1-9(17)19-13-7-10-8-14(18)16(2)15(10)12-6-4-3-5-11(12)13/h3-7H,8H2,1-2H3. The van der Waals surface area contributed by atoms with Gasteiger partial charge in [-0.25, -0.2) is 0 Å². The van der Waals surface area contributed by atoms with Crippen LogP contribution in [0, 0.1) is 0 Å². The van der Waals surface area contributed by atoms with Gasteiger partial charge in [-0.05, 0) is 11.6 Å². The van der Waals surface area contributed by atoms with Gasteiger partial charge in [-0.2, -0.15) is 0 Å². The largest absolute Gasteiger partial charge is 0.426 e. The van der Waals surface area contributed by atoms with E-state index in [4.69, 9.17) is 4.74 Å². The summed E-state index contributed by atoms with van der Waals surface area (Å²) in [6, 6.07) is 9.43. The second kappa shape index (κ2) is 4.09. The van der Waals surface area contributed by atoms with E-state index < -0.39 is 0 Å². The molecule has 1 aliphatic rings. The van der Waals surface area contributed by atoms with E-state index >= 15 is 0 Å². The normalized spacial score (nSPS) is 13.8. The molecule has 2 aromatic carbocycles. The Morgan fingerprint density at radius 1 is 1.26 bits per heavy atom. The van der Waals surface area contributed by atoms with Crippen molar-refractivity contribution >= 4 is 28.3 Å². The van der Waals surface area contributed by atoms with Crippen LogP contribution in [0.3, 0.4) is 0 Å². The Morgan fingerprint density at radius 3 is 2.63 bits per heavy atom. The van der Waals surface area contributed by atoms with Crippen molar-refractivity contribution in [1.82, 2.24) is 0 Å². The van der Waals surface area contributed by atoms with Crippen LogP contribution >= 0.6 is 0 Å². The van der Waals surface area contributed by atoms with Gasteiger partial charge in [0.15, 0.2) is 0 Å². The summed E-state index contributed by atoms with van der Waals surface area (Å²) in [5.41, 5.74) is 1.82. The summed E-state index contributed by atoms with van der Waals surface area (Å²) >= 11 is 0. The Hall–Kier alpha value is -2.36. The minimum atomic E-state index is -0.359. The van der Waals surface area contributed by atoms with Crippen molar-refractivity contribution in [1.29, 1.82) is 0 Å². The van der Waals surface area contributed by atoms with Crippen LogP contribution in [0.5, 0.6) is 5.75 Å². The summed E-state index contributed by atoms with van der Waals surface area (Å²) in [6.07, 6.45) is 0.352. The van der Waals surface area contributed by atoms with Gasteiger partial charge in [-0.3, -0.25) is 9.59 Å². The molecule has 3 rings (SSSR count). The number of ether oxygens (including phenoxy) is 1. The van der Waals surface area contributed by atoms with Crippen molar-refractivity contribution in [2.75, 3.05) is 11.9 Å². The number of carbonyl (C=O) groups excluding carboxylic acids is 2. The molecule has 0 spiro atoms. The van der Waals surface area contributed by atoms with E-state index in [0.29, 0.717) is 12.2 Å². The molecular formula is C15H13NO3. The molecule has 0 aromatic heterocycles. The van der Waals surface area contributed by atoms with Crippen LogP contribution in [0.2, 0.25) is 0 Å². The topological polar surface area (TPSA) is 46.6 Å². The van der Waals surface area contributed by atoms with Gasteiger partial charge in [0.05, 0.1) is 12.1 Å². The zero-order valence-corrected chi connectivity index (χ0v) is 10.8. The average Bonchev–Trinajstić information content (AvgIpc) is 2.65. The van der Waals surface area contributed by atoms with Gasteiger partial charge in [0.25, 0.3) is 0 Å². The zero-order chi connectivity index (χ0) is 13.6. The molecule has 4 nitrogen and oxygen atoms in total. The Bertz CT molecular complexity index is 706. The quantitative estimate of drug-likeness (QED) is 0.580. The highest BCUT2D eigenvalue weighted by Gasteiger charge is 2.27. The number of anilines is 1. The number of likely N-dealkylation sites (N-methyl/N-ethyl adjacent to an activating group) is 1. The summed E-state index contributed by atoms with van der Waals surface area (Å²) in [5, 5.41) is 1.78. The first kappa shape index (κ1) is 11.7. The lowest BCUT2D eigenvalue weighted by molar-refractivity contribution is -0.131. The predicted octanol–water partition coefficient (Wildman–Crippen LogP) is 2.28. The molecule has 19 heavy (non-hydrogen) atoms. The molecule has 1 aliphatic heterocycles. The second-order valence-electron chi connectivity index (χ2n) is 4.65. The van der Waals surface area contributed by atoms with Crippen molar-refractivity contribution in [3.63, 3.8) is 0 Å². The first-order valence-corrected chi connectivity index (χ1v) is 6.07. The molecule has 0 aliphatic carbocycles. The summed E-state index contributed by atoms with van der Waals surface area (Å²) in [7, 11) is 1.77. The first-order chi connectivity index (χ1) is 9.08. The monoisotopic (exact) mass is 255 g/mol. The molecule has 0 unspecified atom stereocenters. The van der Waals surface area contributed by atoms with Crippen molar-refractivity contribution < 1.29 is 14.3 Å². The fourth-order valence-electron chi connectivity index (χ4n) is 2.56. The Labute approximate surface area is 110 Å². The highest BCUT2D eigenvalue weighted by molar-refractivity contribution is 6.12. The summed E-state index contributed by atoms with van der Waals surface area (Å²) in [5.74, 6) is 0.216. The third kappa shape index (κ3) is 1.76. The molecule has 0 bridgehead atoms. The van der Waals surface area contributed by atoms with E-state index in [1.165, 1.54) is 6.92 Å². The number of benzene rings is 2. The lowest BCUT2D eigenvalue weighted by Gasteiger charge is -2.15. The van der Waals surface area contributed by atoms with Crippen molar-refractivity contribution in [3.05, 3.63) is 35.9 Å². The van der Waals surface area contributed by atoms with E-state index in [-0.39, 0.29) is 11.9 Å². The maximum absolute atomic E-state index is 11.8. The lowest BCUT2D eigenvalue weighted by Crippen LogP contribution is -2.20. The van der Waals surface area contributed by atoms with Crippen LogP contribution in [0.4, 0.5) is 5.69 Å². The number of rotatable bonds is 1. The molecule has 0 saturated carbocycles. The number of hydrogen-bond donors (Lipinski definition) is 0. The molecule has 0 N–H and O–H groups in total. The fourth-order valence-corrected chi connectivity index (χ4v) is 2.56. The van der Waals surface area contributed by atoms with Gasteiger partial charge in [-0.15, -0.1) is 0 Å². The SMILES string of the molecule is CC(=O)Oc1cc2c(c3ccccc13)N(C)C(=O)C2. The third-order valence-corrected chi connectivity index (χ3v) is 3.36. The maximum atomic E-state index is 11.8. The van der Waals surface area contributed by atoms with Gasteiger partial charge >= 0.3 is 5.97 Å². The third-order valence-electron chi connectivity index (χ3n) is 3.36. The number of fused-ring (bicyclic) bond motifs is 3. The smallest absolute Gasteiger partial charge is 0.308 e. The minimum Gasteiger partial charge on any atom is -0.426 e. The Balaban J connectivity index is 2.32. The highest BCUT2D eigenvalue weighted by Crippen LogP contribution is 2.40. The molecule has 1 heterocycles. The van der Waals surface area contributed by atoms with E-state index in [0.717, 1.165) is 22.0 Å². The van der Waals surface area contributed by atoms with Gasteiger partial charge in [0.2, 0.25) is 5.91 Å². The molecule has 96 valence electrons. The average molecular weight is 255 g/mol. The molecule has 0 atom stereocenters. The lowest BCUT2D eigenvalue weighted by atomic mass is 10.0. The molecule has 0 fully saturated rings. The van der Waals surface area contributed by atoms with Gasteiger partial charge in [0.1, 0.15) is 5.75 Å². The zero-order valence-electron chi connectivity index (χ0n) is 10.8. The number of amides is 1. The van der Waals surface area contributed by atoms with E-state index in [2.05, 4.69) is 0 Å². The van der Waals surface area contributed by atoms with E-state index in [1.807, 2.05) is 24.3 Å². The number of esters is 1. The van der Waals surface area contributed by atoms with Gasteiger partial charge in [0, 0.05) is 24.7 Å². The van der Waals surface area contributed by atoms with Gasteiger partial charge < -0.3 is 9.64 Å². The van der Waals surface area contributed by atoms with Crippen LogP contribution in [0.25, 0.3) is 10.8 Å².